The average Bonchev–Trinajstić information content (AvgIpc) is 3.40. The number of carbonyl (C=O) groups is 1. The first kappa shape index (κ1) is 21.4. The first-order chi connectivity index (χ1) is 14.7. The first-order valence-electron chi connectivity index (χ1n) is 8.80. The molecule has 1 N–H and O–H groups in total. The molecular formula is C21H12Cl2F3N3OS. The molecule has 10 heteroatoms. The molecule has 4 aromatic rings. The summed E-state index contributed by atoms with van der Waals surface area (Å²) in [6.07, 6.45) is -4.58. The molecule has 31 heavy (non-hydrogen) atoms. The molecule has 0 aliphatic carbocycles. The normalized spacial score (nSPS) is 11.5. The van der Waals surface area contributed by atoms with E-state index in [0.717, 1.165) is 6.07 Å². The van der Waals surface area contributed by atoms with E-state index >= 15 is 0 Å². The lowest BCUT2D eigenvalue weighted by molar-refractivity contribution is -0.141. The van der Waals surface area contributed by atoms with Crippen LogP contribution in [-0.4, -0.2) is 15.7 Å². The van der Waals surface area contributed by atoms with Gasteiger partial charge in [0, 0.05) is 10.6 Å². The highest BCUT2D eigenvalue weighted by Gasteiger charge is 2.35. The highest BCUT2D eigenvalue weighted by Crippen LogP contribution is 2.35. The number of hydrogen-bond acceptors (Lipinski definition) is 3. The smallest absolute Gasteiger partial charge is 0.321 e. The van der Waals surface area contributed by atoms with Crippen LogP contribution in [0.25, 0.3) is 16.3 Å². The summed E-state index contributed by atoms with van der Waals surface area (Å²) in [5.41, 5.74) is 0.348. The predicted octanol–water partition coefficient (Wildman–Crippen LogP) is 7.18. The summed E-state index contributed by atoms with van der Waals surface area (Å²) in [6, 6.07) is 15.2. The Balaban J connectivity index is 1.64. The zero-order valence-electron chi connectivity index (χ0n) is 15.5. The fourth-order valence-electron chi connectivity index (χ4n) is 2.86. The lowest BCUT2D eigenvalue weighted by Crippen LogP contribution is -2.12. The Bertz CT molecular complexity index is 1240. The summed E-state index contributed by atoms with van der Waals surface area (Å²) in [6.45, 7) is 0. The molecular weight excluding hydrogens is 470 g/mol. The van der Waals surface area contributed by atoms with Gasteiger partial charge in [-0.25, -0.2) is 4.68 Å². The van der Waals surface area contributed by atoms with E-state index in [9.17, 15) is 18.0 Å². The van der Waals surface area contributed by atoms with Crippen molar-refractivity contribution in [1.82, 2.24) is 9.78 Å². The van der Waals surface area contributed by atoms with Gasteiger partial charge in [0.1, 0.15) is 0 Å². The van der Waals surface area contributed by atoms with Crippen molar-refractivity contribution in [2.24, 2.45) is 0 Å². The zero-order valence-corrected chi connectivity index (χ0v) is 17.8. The van der Waals surface area contributed by atoms with E-state index in [1.54, 1.807) is 29.6 Å². The van der Waals surface area contributed by atoms with Crippen LogP contribution in [0.3, 0.4) is 0 Å². The van der Waals surface area contributed by atoms with Crippen molar-refractivity contribution in [1.29, 1.82) is 0 Å². The molecule has 2 aromatic heterocycles. The van der Waals surface area contributed by atoms with E-state index in [1.807, 2.05) is 0 Å². The van der Waals surface area contributed by atoms with Gasteiger partial charge in [-0.2, -0.15) is 18.3 Å². The van der Waals surface area contributed by atoms with Crippen molar-refractivity contribution >= 4 is 46.1 Å². The van der Waals surface area contributed by atoms with Crippen LogP contribution in [0.5, 0.6) is 0 Å². The summed E-state index contributed by atoms with van der Waals surface area (Å²) < 4.78 is 40.9. The molecule has 0 fully saturated rings. The lowest BCUT2D eigenvalue weighted by Gasteiger charge is -2.10. The largest absolute Gasteiger partial charge is 0.435 e. The van der Waals surface area contributed by atoms with E-state index in [1.165, 1.54) is 46.4 Å². The Kier molecular flexibility index (Phi) is 5.79. The number of carbonyl (C=O) groups excluding carboxylic acids is 1. The molecule has 1 amide bonds. The van der Waals surface area contributed by atoms with E-state index in [2.05, 4.69) is 10.4 Å². The molecule has 0 spiro atoms. The van der Waals surface area contributed by atoms with Gasteiger partial charge in [-0.3, -0.25) is 4.79 Å². The standard InChI is InChI=1S/C21H12Cl2F3N3OS/c22-13-5-8-15(23)16(10-13)27-20(30)12-3-6-14(7-4-12)29-17(18-2-1-9-31-18)11-19(28-29)21(24,25)26/h1-11H,(H,27,30). The van der Waals surface area contributed by atoms with Crippen molar-refractivity contribution in [3.63, 3.8) is 0 Å². The van der Waals surface area contributed by atoms with Gasteiger partial charge in [-0.1, -0.05) is 29.3 Å². The van der Waals surface area contributed by atoms with Crippen molar-refractivity contribution < 1.29 is 18.0 Å². The molecule has 0 saturated heterocycles. The first-order valence-corrected chi connectivity index (χ1v) is 10.4. The Morgan fingerprint density at radius 1 is 1.03 bits per heavy atom. The van der Waals surface area contributed by atoms with Crippen LogP contribution < -0.4 is 5.32 Å². The Morgan fingerprint density at radius 3 is 2.42 bits per heavy atom. The fourth-order valence-corrected chi connectivity index (χ4v) is 3.92. The minimum atomic E-state index is -4.58. The number of hydrogen-bond donors (Lipinski definition) is 1. The molecule has 0 radical (unpaired) electrons. The number of benzene rings is 2. The van der Waals surface area contributed by atoms with Crippen molar-refractivity contribution in [3.05, 3.63) is 87.3 Å². The topological polar surface area (TPSA) is 46.9 Å². The molecule has 4 rings (SSSR count). The number of alkyl halides is 3. The number of nitrogens with one attached hydrogen (secondary N) is 1. The minimum absolute atomic E-state index is 0.292. The summed E-state index contributed by atoms with van der Waals surface area (Å²) in [5.74, 6) is -0.439. The minimum Gasteiger partial charge on any atom is -0.321 e. The number of thiophene rings is 1. The zero-order chi connectivity index (χ0) is 22.2. The van der Waals surface area contributed by atoms with Gasteiger partial charge in [-0.15, -0.1) is 11.3 Å². The van der Waals surface area contributed by atoms with E-state index in [0.29, 0.717) is 37.6 Å². The number of amides is 1. The van der Waals surface area contributed by atoms with Crippen molar-refractivity contribution in [3.8, 4) is 16.3 Å². The third-order valence-electron chi connectivity index (χ3n) is 4.32. The molecule has 0 saturated carbocycles. The van der Waals surface area contributed by atoms with Crippen LogP contribution in [0.2, 0.25) is 10.0 Å². The number of anilines is 1. The summed E-state index contributed by atoms with van der Waals surface area (Å²) in [4.78, 5) is 13.2. The van der Waals surface area contributed by atoms with Crippen molar-refractivity contribution in [2.45, 2.75) is 6.18 Å². The van der Waals surface area contributed by atoms with Gasteiger partial charge in [0.2, 0.25) is 0 Å². The van der Waals surface area contributed by atoms with Crippen LogP contribution in [0.1, 0.15) is 16.1 Å². The van der Waals surface area contributed by atoms with Crippen LogP contribution in [0.4, 0.5) is 18.9 Å². The quantitative estimate of drug-likeness (QED) is 0.335. The number of halogens is 5. The van der Waals surface area contributed by atoms with Gasteiger partial charge in [0.15, 0.2) is 5.69 Å². The lowest BCUT2D eigenvalue weighted by atomic mass is 10.2. The molecule has 0 unspecified atom stereocenters. The Hall–Kier alpha value is -2.81. The van der Waals surface area contributed by atoms with Gasteiger partial charge in [0.25, 0.3) is 5.91 Å². The number of aromatic nitrogens is 2. The maximum absolute atomic E-state index is 13.2. The second-order valence-electron chi connectivity index (χ2n) is 6.43. The second kappa shape index (κ2) is 8.37. The van der Waals surface area contributed by atoms with E-state index in [4.69, 9.17) is 23.2 Å². The number of rotatable bonds is 4. The predicted molar refractivity (Wildman–Crippen MR) is 116 cm³/mol. The average molecular weight is 482 g/mol. The van der Waals surface area contributed by atoms with E-state index < -0.39 is 17.8 Å². The van der Waals surface area contributed by atoms with Gasteiger partial charge >= 0.3 is 6.18 Å². The van der Waals surface area contributed by atoms with E-state index in [-0.39, 0.29) is 0 Å². The fraction of sp³-hybridized carbons (Fsp3) is 0.0476. The Morgan fingerprint density at radius 2 is 1.77 bits per heavy atom. The summed E-state index contributed by atoms with van der Waals surface area (Å²) in [7, 11) is 0. The van der Waals surface area contributed by atoms with Crippen LogP contribution in [0, 0.1) is 0 Å². The molecule has 0 aliphatic rings. The SMILES string of the molecule is O=C(Nc1cc(Cl)ccc1Cl)c1ccc(-n2nc(C(F)(F)F)cc2-c2cccs2)cc1. The molecule has 0 bridgehead atoms. The van der Waals surface area contributed by atoms with Gasteiger partial charge < -0.3 is 5.32 Å². The van der Waals surface area contributed by atoms with Crippen LogP contribution in [-0.2, 0) is 6.18 Å². The van der Waals surface area contributed by atoms with Crippen molar-refractivity contribution in [2.75, 3.05) is 5.32 Å². The number of nitrogens with zero attached hydrogens (tertiary/aromatic N) is 2. The summed E-state index contributed by atoms with van der Waals surface area (Å²) in [5, 5.41) is 8.91. The molecule has 0 aliphatic heterocycles. The molecule has 158 valence electrons. The monoisotopic (exact) mass is 481 g/mol. The van der Waals surface area contributed by atoms with Crippen LogP contribution in [0.15, 0.2) is 66.0 Å². The highest BCUT2D eigenvalue weighted by atomic mass is 35.5. The second-order valence-corrected chi connectivity index (χ2v) is 8.22. The third kappa shape index (κ3) is 4.61. The maximum Gasteiger partial charge on any atom is 0.435 e. The maximum atomic E-state index is 13.2. The molecule has 4 nitrogen and oxygen atoms in total. The molecule has 2 aromatic carbocycles. The molecule has 0 atom stereocenters. The van der Waals surface area contributed by atoms with Crippen LogP contribution >= 0.6 is 34.5 Å². The molecule has 2 heterocycles. The van der Waals surface area contributed by atoms with Gasteiger partial charge in [0.05, 0.1) is 27.0 Å². The van der Waals surface area contributed by atoms with Gasteiger partial charge in [-0.05, 0) is 60.0 Å². The highest BCUT2D eigenvalue weighted by molar-refractivity contribution is 7.13. The Labute approximate surface area is 188 Å². The summed E-state index contributed by atoms with van der Waals surface area (Å²) >= 11 is 13.3. The third-order valence-corrected chi connectivity index (χ3v) is 5.78.